The molecule has 0 spiro atoms. The number of aromatic nitrogens is 2. The van der Waals surface area contributed by atoms with Crippen LogP contribution in [0.2, 0.25) is 0 Å². The molecule has 0 aliphatic heterocycles. The van der Waals surface area contributed by atoms with E-state index < -0.39 is 5.60 Å². The van der Waals surface area contributed by atoms with E-state index in [0.717, 1.165) is 11.4 Å². The van der Waals surface area contributed by atoms with Crippen LogP contribution in [0.25, 0.3) is 0 Å². The van der Waals surface area contributed by atoms with Gasteiger partial charge < -0.3 is 5.11 Å². The van der Waals surface area contributed by atoms with E-state index in [4.69, 9.17) is 0 Å². The standard InChI is InChI=1S/C15H19FN2O/c1-4-15(19,13-7-5-6-8-14(13)16)10-12-9-11(2)17-18(12)3/h5-9,19H,4,10H2,1-3H3. The van der Waals surface area contributed by atoms with Crippen LogP contribution in [0.5, 0.6) is 0 Å². The van der Waals surface area contributed by atoms with Crippen molar-refractivity contribution in [2.24, 2.45) is 7.05 Å². The smallest absolute Gasteiger partial charge is 0.129 e. The monoisotopic (exact) mass is 262 g/mol. The fourth-order valence-corrected chi connectivity index (χ4v) is 2.38. The van der Waals surface area contributed by atoms with E-state index in [9.17, 15) is 9.50 Å². The molecule has 0 saturated carbocycles. The van der Waals surface area contributed by atoms with E-state index in [-0.39, 0.29) is 5.82 Å². The van der Waals surface area contributed by atoms with Crippen LogP contribution in [0.15, 0.2) is 30.3 Å². The Morgan fingerprint density at radius 3 is 2.58 bits per heavy atom. The molecule has 0 saturated heterocycles. The van der Waals surface area contributed by atoms with Crippen molar-refractivity contribution in [2.45, 2.75) is 32.3 Å². The van der Waals surface area contributed by atoms with Crippen LogP contribution >= 0.6 is 0 Å². The predicted molar refractivity (Wildman–Crippen MR) is 72.2 cm³/mol. The highest BCUT2D eigenvalue weighted by atomic mass is 19.1. The molecule has 0 fully saturated rings. The van der Waals surface area contributed by atoms with Crippen molar-refractivity contribution in [3.8, 4) is 0 Å². The largest absolute Gasteiger partial charge is 0.385 e. The lowest BCUT2D eigenvalue weighted by atomic mass is 9.86. The second-order valence-corrected chi connectivity index (χ2v) is 4.94. The molecular formula is C15H19FN2O. The Balaban J connectivity index is 2.38. The van der Waals surface area contributed by atoms with Crippen LogP contribution in [0.3, 0.4) is 0 Å². The fraction of sp³-hybridized carbons (Fsp3) is 0.400. The summed E-state index contributed by atoms with van der Waals surface area (Å²) < 4.78 is 15.6. The first kappa shape index (κ1) is 13.7. The van der Waals surface area contributed by atoms with E-state index >= 15 is 0 Å². The third-order valence-electron chi connectivity index (χ3n) is 3.53. The van der Waals surface area contributed by atoms with Crippen LogP contribution in [0.4, 0.5) is 4.39 Å². The highest BCUT2D eigenvalue weighted by molar-refractivity contribution is 5.26. The average Bonchev–Trinajstić information content (AvgIpc) is 2.68. The first-order valence-electron chi connectivity index (χ1n) is 6.43. The lowest BCUT2D eigenvalue weighted by molar-refractivity contribution is 0.0273. The van der Waals surface area contributed by atoms with Gasteiger partial charge in [0.1, 0.15) is 5.82 Å². The number of halogens is 1. The highest BCUT2D eigenvalue weighted by Gasteiger charge is 2.31. The Morgan fingerprint density at radius 2 is 2.05 bits per heavy atom. The van der Waals surface area contributed by atoms with Gasteiger partial charge in [-0.3, -0.25) is 4.68 Å². The molecule has 1 unspecified atom stereocenters. The van der Waals surface area contributed by atoms with Gasteiger partial charge >= 0.3 is 0 Å². The Morgan fingerprint density at radius 1 is 1.37 bits per heavy atom. The Kier molecular flexibility index (Phi) is 3.71. The molecule has 1 atom stereocenters. The van der Waals surface area contributed by atoms with Gasteiger partial charge in [0.15, 0.2) is 0 Å². The van der Waals surface area contributed by atoms with Crippen LogP contribution in [0, 0.1) is 12.7 Å². The summed E-state index contributed by atoms with van der Waals surface area (Å²) in [5.74, 6) is -0.370. The van der Waals surface area contributed by atoms with Crippen LogP contribution in [0.1, 0.15) is 30.3 Å². The zero-order valence-corrected chi connectivity index (χ0v) is 11.5. The maximum atomic E-state index is 13.9. The molecule has 0 radical (unpaired) electrons. The number of hydrogen-bond donors (Lipinski definition) is 1. The van der Waals surface area contributed by atoms with Gasteiger partial charge in [-0.1, -0.05) is 25.1 Å². The summed E-state index contributed by atoms with van der Waals surface area (Å²) >= 11 is 0. The Hall–Kier alpha value is -1.68. The van der Waals surface area contributed by atoms with Crippen molar-refractivity contribution in [1.29, 1.82) is 0 Å². The number of aliphatic hydroxyl groups is 1. The van der Waals surface area contributed by atoms with Gasteiger partial charge in [-0.2, -0.15) is 5.10 Å². The number of rotatable bonds is 4. The van der Waals surface area contributed by atoms with Gasteiger partial charge in [-0.15, -0.1) is 0 Å². The van der Waals surface area contributed by atoms with Gasteiger partial charge in [0.2, 0.25) is 0 Å². The average molecular weight is 262 g/mol. The lowest BCUT2D eigenvalue weighted by Gasteiger charge is -2.27. The summed E-state index contributed by atoms with van der Waals surface area (Å²) in [5.41, 5.74) is 0.928. The van der Waals surface area contributed by atoms with E-state index in [1.165, 1.54) is 6.07 Å². The topological polar surface area (TPSA) is 38.1 Å². The third-order valence-corrected chi connectivity index (χ3v) is 3.53. The van der Waals surface area contributed by atoms with Gasteiger partial charge in [0.05, 0.1) is 11.3 Å². The molecule has 1 aromatic heterocycles. The molecule has 1 heterocycles. The van der Waals surface area contributed by atoms with Crippen LogP contribution in [-0.4, -0.2) is 14.9 Å². The lowest BCUT2D eigenvalue weighted by Crippen LogP contribution is -2.29. The molecule has 2 aromatic rings. The van der Waals surface area contributed by atoms with Crippen molar-refractivity contribution in [3.63, 3.8) is 0 Å². The molecule has 102 valence electrons. The summed E-state index contributed by atoms with van der Waals surface area (Å²) in [5, 5.41) is 15.0. The summed E-state index contributed by atoms with van der Waals surface area (Å²) in [7, 11) is 1.83. The SMILES string of the molecule is CCC(O)(Cc1cc(C)nn1C)c1ccccc1F. The minimum atomic E-state index is -1.20. The first-order chi connectivity index (χ1) is 8.96. The normalized spacial score (nSPS) is 14.4. The molecular weight excluding hydrogens is 243 g/mol. The van der Waals surface area contributed by atoms with Gasteiger partial charge in [-0.25, -0.2) is 4.39 Å². The maximum Gasteiger partial charge on any atom is 0.129 e. The zero-order valence-electron chi connectivity index (χ0n) is 11.5. The molecule has 1 N–H and O–H groups in total. The third kappa shape index (κ3) is 2.68. The van der Waals surface area contributed by atoms with E-state index in [1.807, 2.05) is 27.0 Å². The second-order valence-electron chi connectivity index (χ2n) is 4.94. The van der Waals surface area contributed by atoms with Crippen LogP contribution < -0.4 is 0 Å². The van der Waals surface area contributed by atoms with Crippen molar-refractivity contribution < 1.29 is 9.50 Å². The summed E-state index contributed by atoms with van der Waals surface area (Å²) in [6, 6.07) is 8.31. The molecule has 0 amide bonds. The fourth-order valence-electron chi connectivity index (χ4n) is 2.38. The summed E-state index contributed by atoms with van der Waals surface area (Å²) in [6.45, 7) is 3.76. The van der Waals surface area contributed by atoms with E-state index in [1.54, 1.807) is 22.9 Å². The van der Waals surface area contributed by atoms with Crippen molar-refractivity contribution in [2.75, 3.05) is 0 Å². The molecule has 0 aliphatic carbocycles. The number of aryl methyl sites for hydroxylation is 2. The molecule has 3 nitrogen and oxygen atoms in total. The molecule has 4 heteroatoms. The van der Waals surface area contributed by atoms with Crippen molar-refractivity contribution in [3.05, 3.63) is 53.1 Å². The van der Waals surface area contributed by atoms with Crippen molar-refractivity contribution >= 4 is 0 Å². The minimum Gasteiger partial charge on any atom is -0.385 e. The maximum absolute atomic E-state index is 13.9. The van der Waals surface area contributed by atoms with E-state index in [0.29, 0.717) is 18.4 Å². The molecule has 2 rings (SSSR count). The molecule has 0 aliphatic rings. The molecule has 0 bridgehead atoms. The quantitative estimate of drug-likeness (QED) is 0.920. The Bertz CT molecular complexity index is 579. The molecule has 19 heavy (non-hydrogen) atoms. The van der Waals surface area contributed by atoms with Crippen LogP contribution in [-0.2, 0) is 19.1 Å². The second kappa shape index (κ2) is 5.13. The number of nitrogens with zero attached hydrogens (tertiary/aromatic N) is 2. The van der Waals surface area contributed by atoms with Crippen molar-refractivity contribution in [1.82, 2.24) is 9.78 Å². The van der Waals surface area contributed by atoms with Gasteiger partial charge in [-0.05, 0) is 25.5 Å². The molecule has 1 aromatic carbocycles. The first-order valence-corrected chi connectivity index (χ1v) is 6.43. The predicted octanol–water partition coefficient (Wildman–Crippen LogP) is 2.71. The summed E-state index contributed by atoms with van der Waals surface area (Å²) in [6.07, 6.45) is 0.792. The zero-order chi connectivity index (χ0) is 14.0. The van der Waals surface area contributed by atoms with Gasteiger partial charge in [0, 0.05) is 24.7 Å². The minimum absolute atomic E-state index is 0.344. The Labute approximate surface area is 112 Å². The van der Waals surface area contributed by atoms with E-state index in [2.05, 4.69) is 5.10 Å². The number of benzene rings is 1. The number of hydrogen-bond acceptors (Lipinski definition) is 2. The summed E-state index contributed by atoms with van der Waals surface area (Å²) in [4.78, 5) is 0. The highest BCUT2D eigenvalue weighted by Crippen LogP contribution is 2.31. The van der Waals surface area contributed by atoms with Gasteiger partial charge in [0.25, 0.3) is 0 Å².